The van der Waals surface area contributed by atoms with Crippen LogP contribution >= 0.6 is 11.6 Å². The molecule has 2 N–H and O–H groups in total. The van der Waals surface area contributed by atoms with Crippen LogP contribution in [-0.4, -0.2) is 21.2 Å². The largest absolute Gasteiger partial charge is 0.388 e. The SMILES string of the molecule is CC(F)(F)C1(C(O)c2cc(Cl)cc3cn[nH]c23)CCCC1. The molecule has 1 unspecified atom stereocenters. The number of aliphatic hydroxyl groups excluding tert-OH is 1. The lowest BCUT2D eigenvalue weighted by Crippen LogP contribution is -2.42. The van der Waals surface area contributed by atoms with Gasteiger partial charge in [-0.2, -0.15) is 5.10 Å². The third-order valence-electron chi connectivity index (χ3n) is 4.73. The molecule has 1 aromatic carbocycles. The maximum absolute atomic E-state index is 14.2. The van der Waals surface area contributed by atoms with Gasteiger partial charge >= 0.3 is 0 Å². The first kappa shape index (κ1) is 14.7. The van der Waals surface area contributed by atoms with Crippen LogP contribution in [0.2, 0.25) is 5.02 Å². The number of nitrogens with zero attached hydrogens (tertiary/aromatic N) is 1. The summed E-state index contributed by atoms with van der Waals surface area (Å²) in [5, 5.41) is 18.6. The normalized spacial score (nSPS) is 20.0. The van der Waals surface area contributed by atoms with Crippen LogP contribution in [-0.2, 0) is 0 Å². The molecule has 1 fully saturated rings. The zero-order valence-electron chi connectivity index (χ0n) is 11.7. The predicted octanol–water partition coefficient (Wildman–Crippen LogP) is 4.47. The fraction of sp³-hybridized carbons (Fsp3) is 0.533. The Morgan fingerprint density at radius 3 is 2.67 bits per heavy atom. The number of aromatic amines is 1. The average Bonchev–Trinajstić information content (AvgIpc) is 3.04. The Morgan fingerprint density at radius 1 is 1.38 bits per heavy atom. The molecule has 3 nitrogen and oxygen atoms in total. The molecule has 3 rings (SSSR count). The Hall–Kier alpha value is -1.20. The molecule has 0 bridgehead atoms. The van der Waals surface area contributed by atoms with Crippen LogP contribution in [0.15, 0.2) is 18.3 Å². The van der Waals surface area contributed by atoms with E-state index in [0.717, 1.165) is 6.92 Å². The third kappa shape index (κ3) is 2.23. The second-order valence-corrected chi connectivity index (χ2v) is 6.42. The standard InChI is InChI=1S/C15H17ClF2N2O/c1-14(17,18)15(4-2-3-5-15)13(21)11-7-10(16)6-9-8-19-20-12(9)11/h6-8,13,21H,2-5H2,1H3,(H,19,20). The van der Waals surface area contributed by atoms with Gasteiger partial charge in [0, 0.05) is 22.9 Å². The highest BCUT2D eigenvalue weighted by atomic mass is 35.5. The molecule has 1 saturated carbocycles. The quantitative estimate of drug-likeness (QED) is 0.878. The number of benzene rings is 1. The molecular formula is C15H17ClF2N2O. The summed E-state index contributed by atoms with van der Waals surface area (Å²) in [7, 11) is 0. The van der Waals surface area contributed by atoms with E-state index < -0.39 is 17.4 Å². The number of H-pyrrole nitrogens is 1. The van der Waals surface area contributed by atoms with E-state index >= 15 is 0 Å². The molecule has 1 aliphatic carbocycles. The highest BCUT2D eigenvalue weighted by molar-refractivity contribution is 6.31. The molecule has 114 valence electrons. The summed E-state index contributed by atoms with van der Waals surface area (Å²) in [5.41, 5.74) is -0.462. The van der Waals surface area contributed by atoms with Crippen molar-refractivity contribution < 1.29 is 13.9 Å². The van der Waals surface area contributed by atoms with Gasteiger partial charge in [0.25, 0.3) is 5.92 Å². The molecule has 0 amide bonds. The van der Waals surface area contributed by atoms with Crippen molar-refractivity contribution in [2.24, 2.45) is 5.41 Å². The lowest BCUT2D eigenvalue weighted by molar-refractivity contribution is -0.161. The Balaban J connectivity index is 2.15. The molecule has 0 aliphatic heterocycles. The van der Waals surface area contributed by atoms with Crippen LogP contribution in [0.3, 0.4) is 0 Å². The Morgan fingerprint density at radius 2 is 2.05 bits per heavy atom. The summed E-state index contributed by atoms with van der Waals surface area (Å²) in [6.07, 6.45) is 2.31. The lowest BCUT2D eigenvalue weighted by Gasteiger charge is -2.39. The maximum atomic E-state index is 14.2. The van der Waals surface area contributed by atoms with E-state index in [-0.39, 0.29) is 0 Å². The molecule has 1 heterocycles. The van der Waals surface area contributed by atoms with Crippen molar-refractivity contribution in [3.8, 4) is 0 Å². The van der Waals surface area contributed by atoms with Gasteiger partial charge in [-0.3, -0.25) is 5.10 Å². The number of hydrogen-bond acceptors (Lipinski definition) is 2. The van der Waals surface area contributed by atoms with Crippen LogP contribution in [0.25, 0.3) is 10.9 Å². The monoisotopic (exact) mass is 314 g/mol. The minimum Gasteiger partial charge on any atom is -0.388 e. The first-order valence-electron chi connectivity index (χ1n) is 7.03. The van der Waals surface area contributed by atoms with Gasteiger partial charge in [0.1, 0.15) is 0 Å². The lowest BCUT2D eigenvalue weighted by atomic mass is 9.72. The van der Waals surface area contributed by atoms with Crippen molar-refractivity contribution in [1.82, 2.24) is 10.2 Å². The minimum absolute atomic E-state index is 0.305. The summed E-state index contributed by atoms with van der Waals surface area (Å²) in [6, 6.07) is 3.25. The molecule has 6 heteroatoms. The second-order valence-electron chi connectivity index (χ2n) is 5.98. The summed E-state index contributed by atoms with van der Waals surface area (Å²) in [4.78, 5) is 0. The van der Waals surface area contributed by atoms with Gasteiger partial charge in [0.15, 0.2) is 0 Å². The third-order valence-corrected chi connectivity index (χ3v) is 4.95. The number of hydrogen-bond donors (Lipinski definition) is 2. The molecule has 1 atom stereocenters. The van der Waals surface area contributed by atoms with E-state index in [1.54, 1.807) is 18.3 Å². The second kappa shape index (κ2) is 4.92. The highest BCUT2D eigenvalue weighted by Crippen LogP contribution is 2.57. The molecule has 0 saturated heterocycles. The first-order chi connectivity index (χ1) is 9.85. The fourth-order valence-electron chi connectivity index (χ4n) is 3.52. The first-order valence-corrected chi connectivity index (χ1v) is 7.41. The predicted molar refractivity (Wildman–Crippen MR) is 77.6 cm³/mol. The van der Waals surface area contributed by atoms with Crippen molar-refractivity contribution in [1.29, 1.82) is 0 Å². The maximum Gasteiger partial charge on any atom is 0.253 e. The molecule has 1 aromatic heterocycles. The number of aliphatic hydroxyl groups is 1. The highest BCUT2D eigenvalue weighted by Gasteiger charge is 2.56. The molecule has 2 aromatic rings. The summed E-state index contributed by atoms with van der Waals surface area (Å²) in [6.45, 7) is 0.899. The van der Waals surface area contributed by atoms with Gasteiger partial charge in [-0.1, -0.05) is 24.4 Å². The van der Waals surface area contributed by atoms with Gasteiger partial charge in [-0.25, -0.2) is 8.78 Å². The van der Waals surface area contributed by atoms with Crippen molar-refractivity contribution >= 4 is 22.5 Å². The fourth-order valence-corrected chi connectivity index (χ4v) is 3.75. The van der Waals surface area contributed by atoms with Crippen molar-refractivity contribution in [3.05, 3.63) is 28.9 Å². The number of rotatable bonds is 3. The molecule has 0 radical (unpaired) electrons. The molecular weight excluding hydrogens is 298 g/mol. The Bertz CT molecular complexity index is 659. The number of nitrogens with one attached hydrogen (secondary N) is 1. The van der Waals surface area contributed by atoms with Crippen LogP contribution in [0.4, 0.5) is 8.78 Å². The number of alkyl halides is 2. The van der Waals surface area contributed by atoms with Crippen LogP contribution < -0.4 is 0 Å². The van der Waals surface area contributed by atoms with Crippen molar-refractivity contribution in [2.45, 2.75) is 44.6 Å². The van der Waals surface area contributed by atoms with Gasteiger partial charge in [-0.05, 0) is 25.0 Å². The van der Waals surface area contributed by atoms with Crippen LogP contribution in [0, 0.1) is 5.41 Å². The van der Waals surface area contributed by atoms with E-state index in [9.17, 15) is 13.9 Å². The smallest absolute Gasteiger partial charge is 0.253 e. The van der Waals surface area contributed by atoms with Crippen molar-refractivity contribution in [3.63, 3.8) is 0 Å². The van der Waals surface area contributed by atoms with E-state index in [4.69, 9.17) is 11.6 Å². The van der Waals surface area contributed by atoms with Gasteiger partial charge in [0.2, 0.25) is 0 Å². The molecule has 0 spiro atoms. The van der Waals surface area contributed by atoms with Gasteiger partial charge < -0.3 is 5.11 Å². The Labute approximate surface area is 126 Å². The van der Waals surface area contributed by atoms with Gasteiger partial charge in [0.05, 0.1) is 23.2 Å². The van der Waals surface area contributed by atoms with E-state index in [1.807, 2.05) is 0 Å². The van der Waals surface area contributed by atoms with Crippen LogP contribution in [0.5, 0.6) is 0 Å². The summed E-state index contributed by atoms with van der Waals surface area (Å²) >= 11 is 6.05. The number of fused-ring (bicyclic) bond motifs is 1. The minimum atomic E-state index is -2.96. The Kier molecular flexibility index (Phi) is 3.45. The van der Waals surface area contributed by atoms with E-state index in [2.05, 4.69) is 10.2 Å². The van der Waals surface area contributed by atoms with E-state index in [0.29, 0.717) is 47.2 Å². The number of halogens is 3. The summed E-state index contributed by atoms with van der Waals surface area (Å²) in [5.74, 6) is -2.96. The topological polar surface area (TPSA) is 48.9 Å². The number of aromatic nitrogens is 2. The summed E-state index contributed by atoms with van der Waals surface area (Å²) < 4.78 is 28.5. The van der Waals surface area contributed by atoms with Gasteiger partial charge in [-0.15, -0.1) is 0 Å². The van der Waals surface area contributed by atoms with Crippen LogP contribution in [0.1, 0.15) is 44.3 Å². The zero-order valence-corrected chi connectivity index (χ0v) is 12.4. The van der Waals surface area contributed by atoms with Crippen molar-refractivity contribution in [2.75, 3.05) is 0 Å². The molecule has 21 heavy (non-hydrogen) atoms. The average molecular weight is 315 g/mol. The molecule has 1 aliphatic rings. The zero-order chi connectivity index (χ0) is 15.3. The van der Waals surface area contributed by atoms with E-state index in [1.165, 1.54) is 0 Å².